The summed E-state index contributed by atoms with van der Waals surface area (Å²) < 4.78 is 43.8. The summed E-state index contributed by atoms with van der Waals surface area (Å²) in [6.45, 7) is 0.837. The van der Waals surface area contributed by atoms with Crippen molar-refractivity contribution in [1.29, 1.82) is 0 Å². The molecule has 0 aliphatic heterocycles. The maximum absolute atomic E-state index is 13.6. The molecule has 2 amide bonds. The summed E-state index contributed by atoms with van der Waals surface area (Å²) in [5.41, 5.74) is 1.07. The molecule has 0 aromatic heterocycles. The predicted molar refractivity (Wildman–Crippen MR) is 136 cm³/mol. The lowest BCUT2D eigenvalue weighted by molar-refractivity contribution is -0.115. The van der Waals surface area contributed by atoms with Gasteiger partial charge in [-0.15, -0.1) is 0 Å². The van der Waals surface area contributed by atoms with E-state index in [4.69, 9.17) is 14.2 Å². The number of methoxy groups -OCH3 is 3. The smallest absolute Gasteiger partial charge is 0.264 e. The number of carbonyl (C=O) groups excluding carboxylic acids is 2. The number of carbonyl (C=O) groups is 2. The lowest BCUT2D eigenvalue weighted by Gasteiger charge is -2.24. The third kappa shape index (κ3) is 6.25. The van der Waals surface area contributed by atoms with Gasteiger partial charge in [0.15, 0.2) is 0 Å². The first-order valence-corrected chi connectivity index (χ1v) is 12.2. The Morgan fingerprint density at radius 3 is 1.97 bits per heavy atom. The molecule has 0 aliphatic carbocycles. The maximum Gasteiger partial charge on any atom is 0.264 e. The topological polar surface area (TPSA) is 123 Å². The van der Waals surface area contributed by atoms with Crippen LogP contribution in [0.3, 0.4) is 0 Å². The Kier molecular flexibility index (Phi) is 8.38. The fourth-order valence-electron chi connectivity index (χ4n) is 3.33. The number of anilines is 3. The van der Waals surface area contributed by atoms with E-state index in [1.165, 1.54) is 52.5 Å². The van der Waals surface area contributed by atoms with Gasteiger partial charge in [0.25, 0.3) is 10.0 Å². The van der Waals surface area contributed by atoms with E-state index in [2.05, 4.69) is 10.6 Å². The van der Waals surface area contributed by atoms with Crippen LogP contribution in [0.4, 0.5) is 17.1 Å². The monoisotopic (exact) mass is 513 g/mol. The van der Waals surface area contributed by atoms with E-state index in [0.29, 0.717) is 28.6 Å². The second kappa shape index (κ2) is 11.5. The van der Waals surface area contributed by atoms with Crippen LogP contribution in [-0.4, -0.2) is 48.1 Å². The number of hydrogen-bond donors (Lipinski definition) is 2. The summed E-state index contributed by atoms with van der Waals surface area (Å²) in [6.07, 6.45) is 0. The van der Waals surface area contributed by atoms with Gasteiger partial charge in [-0.25, -0.2) is 8.42 Å². The van der Waals surface area contributed by atoms with Crippen molar-refractivity contribution >= 4 is 38.9 Å². The molecule has 3 rings (SSSR count). The van der Waals surface area contributed by atoms with Gasteiger partial charge in [-0.1, -0.05) is 0 Å². The number of benzene rings is 3. The van der Waals surface area contributed by atoms with Crippen LogP contribution in [0.5, 0.6) is 17.2 Å². The molecule has 2 N–H and O–H groups in total. The van der Waals surface area contributed by atoms with Crippen LogP contribution in [0.25, 0.3) is 0 Å². The summed E-state index contributed by atoms with van der Waals surface area (Å²) in [6, 6.07) is 16.8. The molecule has 0 saturated carbocycles. The molecule has 11 heteroatoms. The molecule has 0 unspecified atom stereocenters. The standard InChI is InChI=1S/C25H27N3O7S/c1-17(29)26-18-5-12-22(13-6-18)36(31,32)28(19-7-9-20(33-2)10-8-19)16-25(30)27-23-14-11-21(34-3)15-24(23)35-4/h5-15H,16H2,1-4H3,(H,26,29)(H,27,30). The minimum atomic E-state index is -4.16. The molecular formula is C25H27N3O7S. The van der Waals surface area contributed by atoms with Gasteiger partial charge in [0.05, 0.1) is 37.6 Å². The average molecular weight is 514 g/mol. The average Bonchev–Trinajstić information content (AvgIpc) is 2.87. The van der Waals surface area contributed by atoms with Crippen molar-refractivity contribution in [1.82, 2.24) is 0 Å². The summed E-state index contributed by atoms with van der Waals surface area (Å²) >= 11 is 0. The zero-order valence-corrected chi connectivity index (χ0v) is 21.1. The maximum atomic E-state index is 13.6. The lowest BCUT2D eigenvalue weighted by Crippen LogP contribution is -2.38. The number of hydrogen-bond acceptors (Lipinski definition) is 7. The molecule has 0 radical (unpaired) electrons. The third-order valence-corrected chi connectivity index (χ3v) is 6.88. The number of sulfonamides is 1. The van der Waals surface area contributed by atoms with Gasteiger partial charge in [0, 0.05) is 18.7 Å². The van der Waals surface area contributed by atoms with Gasteiger partial charge >= 0.3 is 0 Å². The van der Waals surface area contributed by atoms with Crippen LogP contribution >= 0.6 is 0 Å². The first kappa shape index (κ1) is 26.4. The second-order valence-electron chi connectivity index (χ2n) is 7.53. The van der Waals surface area contributed by atoms with E-state index in [-0.39, 0.29) is 16.5 Å². The summed E-state index contributed by atoms with van der Waals surface area (Å²) in [4.78, 5) is 24.3. The first-order chi connectivity index (χ1) is 17.2. The number of nitrogens with one attached hydrogen (secondary N) is 2. The van der Waals surface area contributed by atoms with E-state index < -0.39 is 22.5 Å². The van der Waals surface area contributed by atoms with Crippen molar-refractivity contribution in [2.75, 3.05) is 42.8 Å². The molecular weight excluding hydrogens is 486 g/mol. The van der Waals surface area contributed by atoms with Crippen LogP contribution in [0.15, 0.2) is 71.6 Å². The Balaban J connectivity index is 1.94. The minimum Gasteiger partial charge on any atom is -0.497 e. The van der Waals surface area contributed by atoms with Crippen molar-refractivity contribution in [2.45, 2.75) is 11.8 Å². The number of ether oxygens (including phenoxy) is 3. The van der Waals surface area contributed by atoms with Crippen molar-refractivity contribution in [3.8, 4) is 17.2 Å². The largest absolute Gasteiger partial charge is 0.497 e. The van der Waals surface area contributed by atoms with Crippen molar-refractivity contribution < 1.29 is 32.2 Å². The van der Waals surface area contributed by atoms with Gasteiger partial charge in [-0.05, 0) is 60.7 Å². The highest BCUT2D eigenvalue weighted by molar-refractivity contribution is 7.92. The van der Waals surface area contributed by atoms with Crippen LogP contribution in [0.2, 0.25) is 0 Å². The van der Waals surface area contributed by atoms with Crippen LogP contribution in [0.1, 0.15) is 6.92 Å². The van der Waals surface area contributed by atoms with Gasteiger partial charge in [-0.2, -0.15) is 0 Å². The number of rotatable bonds is 10. The second-order valence-corrected chi connectivity index (χ2v) is 9.39. The molecule has 36 heavy (non-hydrogen) atoms. The van der Waals surface area contributed by atoms with Crippen LogP contribution < -0.4 is 29.1 Å². The van der Waals surface area contributed by atoms with Gasteiger partial charge in [-0.3, -0.25) is 13.9 Å². The Bertz CT molecular complexity index is 1320. The van der Waals surface area contributed by atoms with Crippen molar-refractivity contribution in [2.24, 2.45) is 0 Å². The molecule has 190 valence electrons. The number of nitrogens with zero attached hydrogens (tertiary/aromatic N) is 1. The molecule has 0 heterocycles. The normalized spacial score (nSPS) is 10.8. The zero-order chi connectivity index (χ0) is 26.3. The SMILES string of the molecule is COc1ccc(N(CC(=O)Nc2ccc(OC)cc2OC)S(=O)(=O)c2ccc(NC(C)=O)cc2)cc1. The minimum absolute atomic E-state index is 0.0535. The summed E-state index contributed by atoms with van der Waals surface area (Å²) in [7, 11) is 0.286. The van der Waals surface area contributed by atoms with Gasteiger partial charge in [0.1, 0.15) is 23.8 Å². The van der Waals surface area contributed by atoms with E-state index >= 15 is 0 Å². The van der Waals surface area contributed by atoms with E-state index in [1.54, 1.807) is 42.5 Å². The summed E-state index contributed by atoms with van der Waals surface area (Å²) in [5.74, 6) is 0.553. The van der Waals surface area contributed by atoms with Crippen LogP contribution in [0, 0.1) is 0 Å². The third-order valence-electron chi connectivity index (χ3n) is 5.09. The Hall–Kier alpha value is -4.25. The van der Waals surface area contributed by atoms with Crippen molar-refractivity contribution in [3.05, 3.63) is 66.7 Å². The highest BCUT2D eigenvalue weighted by Gasteiger charge is 2.28. The fraction of sp³-hybridized carbons (Fsp3) is 0.200. The highest BCUT2D eigenvalue weighted by Crippen LogP contribution is 2.30. The fourth-order valence-corrected chi connectivity index (χ4v) is 4.75. The Labute approximate surface area is 209 Å². The first-order valence-electron chi connectivity index (χ1n) is 10.7. The van der Waals surface area contributed by atoms with Crippen molar-refractivity contribution in [3.63, 3.8) is 0 Å². The molecule has 0 bridgehead atoms. The molecule has 0 atom stereocenters. The molecule has 0 fully saturated rings. The molecule has 10 nitrogen and oxygen atoms in total. The zero-order valence-electron chi connectivity index (χ0n) is 20.3. The summed E-state index contributed by atoms with van der Waals surface area (Å²) in [5, 5.41) is 5.28. The molecule has 3 aromatic carbocycles. The highest BCUT2D eigenvalue weighted by atomic mass is 32.2. The van der Waals surface area contributed by atoms with E-state index in [0.717, 1.165) is 4.31 Å². The quantitative estimate of drug-likeness (QED) is 0.425. The Morgan fingerprint density at radius 2 is 1.42 bits per heavy atom. The van der Waals surface area contributed by atoms with Gasteiger partial charge < -0.3 is 24.8 Å². The predicted octanol–water partition coefficient (Wildman–Crippen LogP) is 3.50. The van der Waals surface area contributed by atoms with E-state index in [9.17, 15) is 18.0 Å². The Morgan fingerprint density at radius 1 is 0.806 bits per heavy atom. The molecule has 0 spiro atoms. The van der Waals surface area contributed by atoms with E-state index in [1.807, 2.05) is 0 Å². The lowest BCUT2D eigenvalue weighted by atomic mass is 10.2. The molecule has 0 saturated heterocycles. The molecule has 3 aromatic rings. The van der Waals surface area contributed by atoms with Gasteiger partial charge in [0.2, 0.25) is 11.8 Å². The van der Waals surface area contributed by atoms with Crippen LogP contribution in [-0.2, 0) is 19.6 Å². The number of amides is 2. The molecule has 0 aliphatic rings.